The molecular weight excluding hydrogens is 302 g/mol. The van der Waals surface area contributed by atoms with Crippen LogP contribution in [0.3, 0.4) is 0 Å². The lowest BCUT2D eigenvalue weighted by atomic mass is 10.1. The highest BCUT2D eigenvalue weighted by Crippen LogP contribution is 2.35. The number of benzene rings is 2. The van der Waals surface area contributed by atoms with E-state index in [-0.39, 0.29) is 17.0 Å². The molecule has 0 fully saturated rings. The van der Waals surface area contributed by atoms with E-state index in [1.807, 2.05) is 0 Å². The monoisotopic (exact) mass is 310 g/mol. The Bertz CT molecular complexity index is 899. The third kappa shape index (κ3) is 2.28. The molecule has 2 aromatic rings. The topological polar surface area (TPSA) is 61.2 Å². The Morgan fingerprint density at radius 1 is 0.957 bits per heavy atom. The second-order valence-electron chi connectivity index (χ2n) is 4.77. The maximum atomic E-state index is 13.5. The summed E-state index contributed by atoms with van der Waals surface area (Å²) in [6.45, 7) is 0. The largest absolute Gasteiger partial charge is 0.304 e. The molecule has 6 heteroatoms. The number of hydrogen-bond donors (Lipinski definition) is 0. The van der Waals surface area contributed by atoms with E-state index < -0.39 is 23.3 Å². The van der Waals surface area contributed by atoms with Crippen molar-refractivity contribution in [2.24, 2.45) is 0 Å². The molecule has 4 nitrogen and oxygen atoms in total. The van der Waals surface area contributed by atoms with Gasteiger partial charge in [0, 0.05) is 11.6 Å². The summed E-state index contributed by atoms with van der Waals surface area (Å²) in [5.41, 5.74) is 0.166. The fourth-order valence-corrected chi connectivity index (χ4v) is 2.37. The van der Waals surface area contributed by atoms with Crippen molar-refractivity contribution >= 4 is 23.1 Å². The Morgan fingerprint density at radius 3 is 2.26 bits per heavy atom. The van der Waals surface area contributed by atoms with Gasteiger partial charge in [0.25, 0.3) is 5.78 Å². The number of carbonyl (C=O) groups is 2. The van der Waals surface area contributed by atoms with E-state index in [2.05, 4.69) is 0 Å². The average Bonchev–Trinajstić information content (AvgIpc) is 2.82. The first-order chi connectivity index (χ1) is 11.0. The summed E-state index contributed by atoms with van der Waals surface area (Å²) < 4.78 is 26.6. The number of ketones is 1. The molecule has 0 aliphatic carbocycles. The van der Waals surface area contributed by atoms with Crippen LogP contribution in [0.25, 0.3) is 5.70 Å². The van der Waals surface area contributed by atoms with Crippen LogP contribution in [0.15, 0.2) is 54.1 Å². The van der Waals surface area contributed by atoms with Crippen molar-refractivity contribution in [1.29, 1.82) is 5.26 Å². The highest BCUT2D eigenvalue weighted by atomic mass is 19.2. The van der Waals surface area contributed by atoms with Gasteiger partial charge in [-0.3, -0.25) is 14.5 Å². The first kappa shape index (κ1) is 14.6. The number of anilines is 1. The molecule has 3 rings (SSSR count). The van der Waals surface area contributed by atoms with Crippen LogP contribution in [0.2, 0.25) is 0 Å². The smallest absolute Gasteiger partial charge is 0.282 e. The summed E-state index contributed by atoms with van der Waals surface area (Å²) in [5.74, 6) is -4.18. The standard InChI is InChI=1S/C17H8F2N2O2/c18-13-7-6-11(8-14(13)19)21-15(10-4-2-1-3-5-10)12(9-20)16(22)17(21)23/h1-8H. The molecule has 112 valence electrons. The van der Waals surface area contributed by atoms with E-state index in [0.717, 1.165) is 17.0 Å². The Hall–Kier alpha value is -3.33. The first-order valence-corrected chi connectivity index (χ1v) is 6.58. The molecule has 2 aromatic carbocycles. The molecular formula is C17H8F2N2O2. The van der Waals surface area contributed by atoms with E-state index in [1.54, 1.807) is 36.4 Å². The van der Waals surface area contributed by atoms with E-state index >= 15 is 0 Å². The fraction of sp³-hybridized carbons (Fsp3) is 0. The number of amides is 1. The molecule has 1 heterocycles. The van der Waals surface area contributed by atoms with E-state index in [9.17, 15) is 23.6 Å². The molecule has 0 atom stereocenters. The van der Waals surface area contributed by atoms with Crippen molar-refractivity contribution in [3.63, 3.8) is 0 Å². The molecule has 1 amide bonds. The van der Waals surface area contributed by atoms with Crippen molar-refractivity contribution in [3.8, 4) is 6.07 Å². The van der Waals surface area contributed by atoms with Gasteiger partial charge in [-0.05, 0) is 12.1 Å². The zero-order valence-corrected chi connectivity index (χ0v) is 11.6. The van der Waals surface area contributed by atoms with E-state index in [1.165, 1.54) is 6.07 Å². The average molecular weight is 310 g/mol. The molecule has 0 N–H and O–H groups in total. The van der Waals surface area contributed by atoms with E-state index in [4.69, 9.17) is 0 Å². The zero-order valence-electron chi connectivity index (χ0n) is 11.6. The number of halogens is 2. The Labute approximate surface area is 129 Å². The van der Waals surface area contributed by atoms with Crippen molar-refractivity contribution < 1.29 is 18.4 Å². The summed E-state index contributed by atoms with van der Waals surface area (Å²) >= 11 is 0. The van der Waals surface area contributed by atoms with Gasteiger partial charge in [0.2, 0.25) is 0 Å². The van der Waals surface area contributed by atoms with Gasteiger partial charge in [-0.15, -0.1) is 0 Å². The maximum Gasteiger partial charge on any atom is 0.304 e. The summed E-state index contributed by atoms with van der Waals surface area (Å²) in [4.78, 5) is 25.2. The van der Waals surface area contributed by atoms with Crippen LogP contribution >= 0.6 is 0 Å². The number of nitriles is 1. The predicted octanol–water partition coefficient (Wildman–Crippen LogP) is 2.82. The SMILES string of the molecule is N#CC1=C(c2ccccc2)N(c2ccc(F)c(F)c2)C(=O)C1=O. The van der Waals surface area contributed by atoms with Gasteiger partial charge in [-0.2, -0.15) is 5.26 Å². The molecule has 0 saturated heterocycles. The molecule has 1 aliphatic rings. The Kier molecular flexibility index (Phi) is 3.47. The van der Waals surface area contributed by atoms with Crippen LogP contribution in [-0.4, -0.2) is 11.7 Å². The normalized spacial score (nSPS) is 14.4. The van der Waals surface area contributed by atoms with Crippen LogP contribution in [-0.2, 0) is 9.59 Å². The molecule has 0 radical (unpaired) electrons. The number of hydrogen-bond acceptors (Lipinski definition) is 3. The second-order valence-corrected chi connectivity index (χ2v) is 4.77. The third-order valence-corrected chi connectivity index (χ3v) is 3.41. The molecule has 0 aromatic heterocycles. The Morgan fingerprint density at radius 2 is 1.65 bits per heavy atom. The number of Topliss-reactive ketones (excluding diaryl/α,β-unsaturated/α-hetero) is 1. The van der Waals surface area contributed by atoms with E-state index in [0.29, 0.717) is 5.56 Å². The van der Waals surface area contributed by atoms with Crippen LogP contribution in [0, 0.1) is 23.0 Å². The molecule has 0 saturated carbocycles. The minimum absolute atomic E-state index is 0.0219. The lowest BCUT2D eigenvalue weighted by Gasteiger charge is -2.20. The maximum absolute atomic E-state index is 13.5. The molecule has 0 spiro atoms. The highest BCUT2D eigenvalue weighted by Gasteiger charge is 2.40. The van der Waals surface area contributed by atoms with Gasteiger partial charge < -0.3 is 0 Å². The quantitative estimate of drug-likeness (QED) is 0.801. The predicted molar refractivity (Wildman–Crippen MR) is 77.8 cm³/mol. The first-order valence-electron chi connectivity index (χ1n) is 6.58. The summed E-state index contributed by atoms with van der Waals surface area (Å²) in [6.07, 6.45) is 0. The van der Waals surface area contributed by atoms with Crippen molar-refractivity contribution in [2.75, 3.05) is 4.90 Å². The van der Waals surface area contributed by atoms with Crippen molar-refractivity contribution in [3.05, 3.63) is 71.3 Å². The fourth-order valence-electron chi connectivity index (χ4n) is 2.37. The van der Waals surface area contributed by atoms with Gasteiger partial charge >= 0.3 is 5.91 Å². The van der Waals surface area contributed by atoms with Crippen molar-refractivity contribution in [1.82, 2.24) is 0 Å². The zero-order chi connectivity index (χ0) is 16.6. The van der Waals surface area contributed by atoms with Crippen LogP contribution in [0.4, 0.5) is 14.5 Å². The van der Waals surface area contributed by atoms with Gasteiger partial charge in [0.05, 0.1) is 11.4 Å². The van der Waals surface area contributed by atoms with Gasteiger partial charge in [-0.1, -0.05) is 30.3 Å². The lowest BCUT2D eigenvalue weighted by Crippen LogP contribution is -2.28. The van der Waals surface area contributed by atoms with Gasteiger partial charge in [0.15, 0.2) is 11.6 Å². The number of nitrogens with zero attached hydrogens (tertiary/aromatic N) is 2. The number of carbonyl (C=O) groups excluding carboxylic acids is 2. The second kappa shape index (κ2) is 5.46. The van der Waals surface area contributed by atoms with Crippen LogP contribution < -0.4 is 4.90 Å². The summed E-state index contributed by atoms with van der Waals surface area (Å²) in [5, 5.41) is 9.21. The minimum atomic E-state index is -1.15. The minimum Gasteiger partial charge on any atom is -0.282 e. The summed E-state index contributed by atoms with van der Waals surface area (Å²) in [6, 6.07) is 12.9. The molecule has 0 unspecified atom stereocenters. The molecule has 0 bridgehead atoms. The van der Waals surface area contributed by atoms with Crippen LogP contribution in [0.1, 0.15) is 5.56 Å². The highest BCUT2D eigenvalue weighted by molar-refractivity contribution is 6.55. The molecule has 23 heavy (non-hydrogen) atoms. The number of rotatable bonds is 2. The third-order valence-electron chi connectivity index (χ3n) is 3.41. The van der Waals surface area contributed by atoms with Gasteiger partial charge in [0.1, 0.15) is 11.6 Å². The van der Waals surface area contributed by atoms with Gasteiger partial charge in [-0.25, -0.2) is 8.78 Å². The lowest BCUT2D eigenvalue weighted by molar-refractivity contribution is -0.132. The summed E-state index contributed by atoms with van der Waals surface area (Å²) in [7, 11) is 0. The Balaban J connectivity index is 2.23. The van der Waals surface area contributed by atoms with Crippen LogP contribution in [0.5, 0.6) is 0 Å². The van der Waals surface area contributed by atoms with Crippen molar-refractivity contribution in [2.45, 2.75) is 0 Å². The molecule has 1 aliphatic heterocycles.